The Balaban J connectivity index is 2.23. The van der Waals surface area contributed by atoms with E-state index in [2.05, 4.69) is 5.10 Å². The topological polar surface area (TPSA) is 61.2 Å². The van der Waals surface area contributed by atoms with Crippen LogP contribution in [0.15, 0.2) is 23.8 Å². The minimum Gasteiger partial charge on any atom is -0.462 e. The highest BCUT2D eigenvalue weighted by atomic mass is 32.1. The van der Waals surface area contributed by atoms with Crippen molar-refractivity contribution < 1.29 is 14.3 Å². The van der Waals surface area contributed by atoms with Crippen LogP contribution in [0.3, 0.4) is 0 Å². The summed E-state index contributed by atoms with van der Waals surface area (Å²) in [5, 5.41) is 5.84. The second-order valence-corrected chi connectivity index (χ2v) is 4.16. The van der Waals surface area contributed by atoms with E-state index in [1.165, 1.54) is 22.2 Å². The molecule has 0 fully saturated rings. The second-order valence-electron chi connectivity index (χ2n) is 3.22. The summed E-state index contributed by atoms with van der Waals surface area (Å²) in [6, 6.07) is 1.71. The maximum Gasteiger partial charge on any atom is 0.341 e. The predicted molar refractivity (Wildman–Crippen MR) is 62.8 cm³/mol. The van der Waals surface area contributed by atoms with Crippen molar-refractivity contribution in [3.63, 3.8) is 0 Å². The van der Waals surface area contributed by atoms with Gasteiger partial charge in [0.1, 0.15) is 0 Å². The average Bonchev–Trinajstić information content (AvgIpc) is 2.98. The highest BCUT2D eigenvalue weighted by Crippen LogP contribution is 2.16. The van der Waals surface area contributed by atoms with Gasteiger partial charge in [0.25, 0.3) is 0 Å². The Morgan fingerprint density at radius 3 is 3.12 bits per heavy atom. The van der Waals surface area contributed by atoms with Crippen LogP contribution < -0.4 is 0 Å². The first-order chi connectivity index (χ1) is 8.24. The van der Waals surface area contributed by atoms with Crippen LogP contribution >= 0.6 is 11.3 Å². The summed E-state index contributed by atoms with van der Waals surface area (Å²) in [4.78, 5) is 22.6. The molecule has 0 spiro atoms. The van der Waals surface area contributed by atoms with Gasteiger partial charge in [-0.25, -0.2) is 9.48 Å². The Morgan fingerprint density at radius 1 is 1.65 bits per heavy atom. The maximum absolute atomic E-state index is 11.4. The molecule has 2 rings (SSSR count). The number of rotatable bonds is 4. The fourth-order valence-corrected chi connectivity index (χ4v) is 1.99. The highest BCUT2D eigenvalue weighted by Gasteiger charge is 2.10. The molecule has 6 heteroatoms. The van der Waals surface area contributed by atoms with Gasteiger partial charge in [0.05, 0.1) is 28.9 Å². The van der Waals surface area contributed by atoms with Crippen molar-refractivity contribution >= 4 is 23.6 Å². The minimum atomic E-state index is -0.399. The van der Waals surface area contributed by atoms with Crippen molar-refractivity contribution in [1.82, 2.24) is 9.78 Å². The van der Waals surface area contributed by atoms with Crippen LogP contribution in [-0.4, -0.2) is 28.6 Å². The van der Waals surface area contributed by atoms with Gasteiger partial charge in [-0.1, -0.05) is 0 Å². The summed E-state index contributed by atoms with van der Waals surface area (Å²) >= 11 is 1.33. The summed E-state index contributed by atoms with van der Waals surface area (Å²) in [6.45, 7) is 2.08. The number of aromatic nitrogens is 2. The molecule has 2 heterocycles. The predicted octanol–water partition coefficient (Wildman–Crippen LogP) is 1.92. The van der Waals surface area contributed by atoms with E-state index in [1.54, 1.807) is 24.6 Å². The molecular weight excluding hydrogens is 240 g/mol. The van der Waals surface area contributed by atoms with E-state index in [4.69, 9.17) is 4.74 Å². The van der Waals surface area contributed by atoms with Gasteiger partial charge in [-0.3, -0.25) is 4.79 Å². The third-order valence-electron chi connectivity index (χ3n) is 2.08. The molecule has 0 aliphatic heterocycles. The first-order valence-corrected chi connectivity index (χ1v) is 5.88. The van der Waals surface area contributed by atoms with Crippen LogP contribution in [0.4, 0.5) is 0 Å². The Morgan fingerprint density at radius 2 is 2.47 bits per heavy atom. The monoisotopic (exact) mass is 250 g/mol. The normalized spacial score (nSPS) is 10.2. The molecule has 0 bridgehead atoms. The van der Waals surface area contributed by atoms with E-state index in [0.29, 0.717) is 17.0 Å². The molecule has 5 nitrogen and oxygen atoms in total. The number of ether oxygens (including phenoxy) is 1. The Hall–Kier alpha value is -1.95. The number of esters is 1. The number of hydrogen-bond donors (Lipinski definition) is 0. The minimum absolute atomic E-state index is 0.331. The molecule has 0 aliphatic carbocycles. The molecular formula is C11H10N2O3S. The van der Waals surface area contributed by atoms with Crippen LogP contribution in [0.5, 0.6) is 0 Å². The lowest BCUT2D eigenvalue weighted by Crippen LogP contribution is -2.03. The van der Waals surface area contributed by atoms with Gasteiger partial charge < -0.3 is 4.74 Å². The number of nitrogens with zero attached hydrogens (tertiary/aromatic N) is 2. The van der Waals surface area contributed by atoms with Gasteiger partial charge in [-0.2, -0.15) is 5.10 Å². The van der Waals surface area contributed by atoms with E-state index < -0.39 is 5.97 Å². The summed E-state index contributed by atoms with van der Waals surface area (Å²) in [5.41, 5.74) is 1.15. The zero-order chi connectivity index (χ0) is 12.3. The number of thiophene rings is 1. The largest absolute Gasteiger partial charge is 0.462 e. The summed E-state index contributed by atoms with van der Waals surface area (Å²) in [7, 11) is 0. The number of hydrogen-bond acceptors (Lipinski definition) is 5. The van der Waals surface area contributed by atoms with Gasteiger partial charge in [0.15, 0.2) is 6.29 Å². The van der Waals surface area contributed by atoms with E-state index in [1.807, 2.05) is 0 Å². The maximum atomic E-state index is 11.4. The molecule has 0 unspecified atom stereocenters. The third-order valence-corrected chi connectivity index (χ3v) is 2.93. The van der Waals surface area contributed by atoms with Crippen LogP contribution in [0.2, 0.25) is 0 Å². The second kappa shape index (κ2) is 4.92. The Labute approximate surface area is 102 Å². The van der Waals surface area contributed by atoms with E-state index >= 15 is 0 Å². The third kappa shape index (κ3) is 2.42. The van der Waals surface area contributed by atoms with Crippen molar-refractivity contribution in [2.45, 2.75) is 6.92 Å². The van der Waals surface area contributed by atoms with Crippen molar-refractivity contribution in [3.8, 4) is 5.69 Å². The molecule has 2 aromatic rings. The van der Waals surface area contributed by atoms with Crippen molar-refractivity contribution in [2.24, 2.45) is 0 Å². The van der Waals surface area contributed by atoms with Gasteiger partial charge in [-0.15, -0.1) is 11.3 Å². The molecule has 2 aromatic heterocycles. The lowest BCUT2D eigenvalue weighted by molar-refractivity contribution is 0.0526. The zero-order valence-corrected chi connectivity index (χ0v) is 9.94. The zero-order valence-electron chi connectivity index (χ0n) is 9.12. The Kier molecular flexibility index (Phi) is 3.34. The SMILES string of the molecule is CCOC(=O)c1cnn(-c2csc(C=O)c2)c1. The molecule has 0 aromatic carbocycles. The summed E-state index contributed by atoms with van der Waals surface area (Å²) < 4.78 is 6.40. The lowest BCUT2D eigenvalue weighted by atomic mass is 10.4. The number of carbonyl (C=O) groups excluding carboxylic acids is 2. The standard InChI is InChI=1S/C11H10N2O3S/c1-2-16-11(15)8-4-12-13(5-8)9-3-10(6-14)17-7-9/h3-7H,2H2,1H3. The first kappa shape index (κ1) is 11.5. The summed E-state index contributed by atoms with van der Waals surface area (Å²) in [6.07, 6.45) is 3.80. The molecule has 0 saturated heterocycles. The molecule has 0 radical (unpaired) electrons. The lowest BCUT2D eigenvalue weighted by Gasteiger charge is -1.97. The van der Waals surface area contributed by atoms with Crippen LogP contribution in [0.1, 0.15) is 27.0 Å². The Bertz CT molecular complexity index is 544. The van der Waals surface area contributed by atoms with E-state index in [9.17, 15) is 9.59 Å². The average molecular weight is 250 g/mol. The van der Waals surface area contributed by atoms with Gasteiger partial charge >= 0.3 is 5.97 Å². The molecule has 0 atom stereocenters. The van der Waals surface area contributed by atoms with Crippen molar-refractivity contribution in [1.29, 1.82) is 0 Å². The quantitative estimate of drug-likeness (QED) is 0.614. The fourth-order valence-electron chi connectivity index (χ4n) is 1.31. The van der Waals surface area contributed by atoms with E-state index in [0.717, 1.165) is 12.0 Å². The molecule has 0 amide bonds. The highest BCUT2D eigenvalue weighted by molar-refractivity contribution is 7.12. The summed E-state index contributed by atoms with van der Waals surface area (Å²) in [5.74, 6) is -0.399. The van der Waals surface area contributed by atoms with E-state index in [-0.39, 0.29) is 0 Å². The molecule has 0 saturated carbocycles. The van der Waals surface area contributed by atoms with Crippen molar-refractivity contribution in [3.05, 3.63) is 34.3 Å². The van der Waals surface area contributed by atoms with Crippen molar-refractivity contribution in [2.75, 3.05) is 6.61 Å². The fraction of sp³-hybridized carbons (Fsp3) is 0.182. The van der Waals surface area contributed by atoms with Gasteiger partial charge in [0.2, 0.25) is 0 Å². The number of aldehydes is 1. The molecule has 0 aliphatic rings. The van der Waals surface area contributed by atoms with Crippen LogP contribution in [-0.2, 0) is 4.74 Å². The smallest absolute Gasteiger partial charge is 0.341 e. The number of carbonyl (C=O) groups is 2. The molecule has 17 heavy (non-hydrogen) atoms. The van der Waals surface area contributed by atoms with Gasteiger partial charge in [0, 0.05) is 11.6 Å². The molecule has 88 valence electrons. The van der Waals surface area contributed by atoms with Crippen LogP contribution in [0, 0.1) is 0 Å². The first-order valence-electron chi connectivity index (χ1n) is 5.00. The molecule has 0 N–H and O–H groups in total. The van der Waals surface area contributed by atoms with Gasteiger partial charge in [-0.05, 0) is 13.0 Å². The van der Waals surface area contributed by atoms with Crippen LogP contribution in [0.25, 0.3) is 5.69 Å².